The fourth-order valence-electron chi connectivity index (χ4n) is 3.55. The number of guanidine groups is 1. The number of hydrogen-bond acceptors (Lipinski definition) is 4. The molecule has 1 aromatic carbocycles. The molecule has 1 fully saturated rings. The molecule has 3 rings (SSSR count). The minimum absolute atomic E-state index is 0.763. The molecule has 0 aliphatic carbocycles. The van der Waals surface area contributed by atoms with E-state index in [1.165, 1.54) is 24.2 Å². The Morgan fingerprint density at radius 2 is 1.69 bits per heavy atom. The maximum Gasteiger partial charge on any atom is 0.191 e. The van der Waals surface area contributed by atoms with Crippen LogP contribution in [-0.2, 0) is 19.5 Å². The Labute approximate surface area is 175 Å². The number of rotatable bonds is 8. The minimum atomic E-state index is 0.763. The number of likely N-dealkylation sites (N-methyl/N-ethyl adjacent to an activating group) is 1. The molecule has 0 spiro atoms. The third-order valence-electron chi connectivity index (χ3n) is 5.42. The van der Waals surface area contributed by atoms with Crippen molar-refractivity contribution in [1.29, 1.82) is 0 Å². The second-order valence-corrected chi connectivity index (χ2v) is 7.45. The highest BCUT2D eigenvalue weighted by atomic mass is 15.3. The molecule has 1 aliphatic heterocycles. The molecule has 29 heavy (non-hydrogen) atoms. The van der Waals surface area contributed by atoms with Crippen LogP contribution in [0.5, 0.6) is 0 Å². The predicted octanol–water partition coefficient (Wildman–Crippen LogP) is 2.13. The number of benzene rings is 1. The summed E-state index contributed by atoms with van der Waals surface area (Å²) in [6, 6.07) is 14.9. The first-order chi connectivity index (χ1) is 14.3. The molecule has 0 atom stereocenters. The lowest BCUT2D eigenvalue weighted by Gasteiger charge is -2.34. The van der Waals surface area contributed by atoms with E-state index < -0.39 is 0 Å². The second-order valence-electron chi connectivity index (χ2n) is 7.45. The highest BCUT2D eigenvalue weighted by molar-refractivity contribution is 5.79. The molecule has 156 valence electrons. The van der Waals surface area contributed by atoms with Gasteiger partial charge < -0.3 is 15.5 Å². The van der Waals surface area contributed by atoms with Crippen molar-refractivity contribution < 1.29 is 0 Å². The van der Waals surface area contributed by atoms with Crippen LogP contribution in [0, 0.1) is 0 Å². The van der Waals surface area contributed by atoms with Crippen LogP contribution in [0.2, 0.25) is 0 Å². The minimum Gasteiger partial charge on any atom is -0.356 e. The number of aromatic nitrogens is 1. The van der Waals surface area contributed by atoms with E-state index in [2.05, 4.69) is 61.6 Å². The number of pyridine rings is 1. The number of nitrogens with one attached hydrogen (secondary N) is 2. The Kier molecular flexibility index (Phi) is 8.46. The van der Waals surface area contributed by atoms with Gasteiger partial charge in [0.05, 0.1) is 0 Å². The molecule has 0 saturated carbocycles. The molecule has 1 aromatic heterocycles. The van der Waals surface area contributed by atoms with Gasteiger partial charge >= 0.3 is 0 Å². The fraction of sp³-hybridized carbons (Fsp3) is 0.478. The summed E-state index contributed by atoms with van der Waals surface area (Å²) in [6.07, 6.45) is 2.71. The van der Waals surface area contributed by atoms with Gasteiger partial charge in [0.2, 0.25) is 0 Å². The molecule has 2 heterocycles. The summed E-state index contributed by atoms with van der Waals surface area (Å²) in [7, 11) is 1.80. The summed E-state index contributed by atoms with van der Waals surface area (Å²) >= 11 is 0. The molecule has 2 N–H and O–H groups in total. The molecule has 1 aliphatic rings. The zero-order chi connectivity index (χ0) is 20.3. The lowest BCUT2D eigenvalue weighted by atomic mass is 10.1. The Morgan fingerprint density at radius 1 is 0.966 bits per heavy atom. The lowest BCUT2D eigenvalue weighted by molar-refractivity contribution is 0.132. The lowest BCUT2D eigenvalue weighted by Crippen LogP contribution is -2.45. The van der Waals surface area contributed by atoms with E-state index >= 15 is 0 Å². The Hall–Kier alpha value is -2.44. The quantitative estimate of drug-likeness (QED) is 0.531. The number of nitrogens with zero attached hydrogens (tertiary/aromatic N) is 4. The number of aliphatic imine (C=N–C) groups is 1. The molecule has 6 nitrogen and oxygen atoms in total. The molecule has 6 heteroatoms. The van der Waals surface area contributed by atoms with Crippen molar-refractivity contribution >= 4 is 5.96 Å². The van der Waals surface area contributed by atoms with Crippen molar-refractivity contribution in [2.45, 2.75) is 26.4 Å². The van der Waals surface area contributed by atoms with E-state index in [4.69, 9.17) is 0 Å². The van der Waals surface area contributed by atoms with Gasteiger partial charge in [-0.1, -0.05) is 37.3 Å². The standard InChI is InChI=1S/C23H34N6/c1-3-28-14-16-29(17-15-28)19-21-9-7-20(8-10-21)18-27-23(24-2)26-13-11-22-6-4-5-12-25-22/h4-10,12H,3,11,13-19H2,1-2H3,(H2,24,26,27). The van der Waals surface area contributed by atoms with Gasteiger partial charge in [-0.2, -0.15) is 0 Å². The normalized spacial score (nSPS) is 16.0. The average molecular weight is 395 g/mol. The predicted molar refractivity (Wildman–Crippen MR) is 120 cm³/mol. The Bertz CT molecular complexity index is 736. The van der Waals surface area contributed by atoms with Crippen molar-refractivity contribution in [1.82, 2.24) is 25.4 Å². The van der Waals surface area contributed by atoms with Crippen LogP contribution in [-0.4, -0.2) is 67.1 Å². The molecule has 0 bridgehead atoms. The zero-order valence-corrected chi connectivity index (χ0v) is 17.8. The van der Waals surface area contributed by atoms with Gasteiger partial charge in [-0.15, -0.1) is 0 Å². The van der Waals surface area contributed by atoms with E-state index in [1.807, 2.05) is 24.4 Å². The van der Waals surface area contributed by atoms with Gasteiger partial charge in [0.15, 0.2) is 5.96 Å². The van der Waals surface area contributed by atoms with Crippen LogP contribution < -0.4 is 10.6 Å². The summed E-state index contributed by atoms with van der Waals surface area (Å²) in [4.78, 5) is 13.7. The van der Waals surface area contributed by atoms with Crippen LogP contribution in [0.15, 0.2) is 53.7 Å². The summed E-state index contributed by atoms with van der Waals surface area (Å²) in [6.45, 7) is 10.7. The van der Waals surface area contributed by atoms with Gasteiger partial charge in [0, 0.05) is 71.2 Å². The highest BCUT2D eigenvalue weighted by Gasteiger charge is 2.15. The van der Waals surface area contributed by atoms with Crippen molar-refractivity contribution in [2.24, 2.45) is 4.99 Å². The molecule has 0 radical (unpaired) electrons. The average Bonchev–Trinajstić information content (AvgIpc) is 2.78. The third kappa shape index (κ3) is 7.15. The maximum atomic E-state index is 4.35. The smallest absolute Gasteiger partial charge is 0.191 e. The molecular weight excluding hydrogens is 360 g/mol. The van der Waals surface area contributed by atoms with E-state index in [9.17, 15) is 0 Å². The van der Waals surface area contributed by atoms with Crippen LogP contribution in [0.4, 0.5) is 0 Å². The van der Waals surface area contributed by atoms with Crippen molar-refractivity contribution in [3.05, 3.63) is 65.5 Å². The van der Waals surface area contributed by atoms with E-state index in [-0.39, 0.29) is 0 Å². The molecular formula is C23H34N6. The van der Waals surface area contributed by atoms with Crippen molar-refractivity contribution in [2.75, 3.05) is 46.3 Å². The first-order valence-corrected chi connectivity index (χ1v) is 10.6. The van der Waals surface area contributed by atoms with E-state index in [0.717, 1.165) is 57.3 Å². The molecule has 0 unspecified atom stereocenters. The largest absolute Gasteiger partial charge is 0.356 e. The summed E-state index contributed by atoms with van der Waals surface area (Å²) in [5.74, 6) is 0.818. The van der Waals surface area contributed by atoms with Crippen molar-refractivity contribution in [3.8, 4) is 0 Å². The Balaban J connectivity index is 1.38. The van der Waals surface area contributed by atoms with Crippen molar-refractivity contribution in [3.63, 3.8) is 0 Å². The van der Waals surface area contributed by atoms with Gasteiger partial charge in [-0.25, -0.2) is 0 Å². The molecule has 0 amide bonds. The molecule has 1 saturated heterocycles. The first-order valence-electron chi connectivity index (χ1n) is 10.6. The second kappa shape index (κ2) is 11.5. The third-order valence-corrected chi connectivity index (χ3v) is 5.42. The van der Waals surface area contributed by atoms with Gasteiger partial charge in [-0.05, 0) is 29.8 Å². The highest BCUT2D eigenvalue weighted by Crippen LogP contribution is 2.10. The van der Waals surface area contributed by atoms with Gasteiger partial charge in [-0.3, -0.25) is 14.9 Å². The van der Waals surface area contributed by atoms with Crippen LogP contribution in [0.25, 0.3) is 0 Å². The van der Waals surface area contributed by atoms with Gasteiger partial charge in [0.1, 0.15) is 0 Å². The topological polar surface area (TPSA) is 55.8 Å². The molecule has 2 aromatic rings. The first kappa shape index (κ1) is 21.3. The monoisotopic (exact) mass is 394 g/mol. The number of hydrogen-bond donors (Lipinski definition) is 2. The fourth-order valence-corrected chi connectivity index (χ4v) is 3.55. The van der Waals surface area contributed by atoms with Crippen LogP contribution >= 0.6 is 0 Å². The van der Waals surface area contributed by atoms with Crippen LogP contribution in [0.3, 0.4) is 0 Å². The summed E-state index contributed by atoms with van der Waals surface area (Å²) in [5, 5.41) is 6.74. The van der Waals surface area contributed by atoms with E-state index in [0.29, 0.717) is 0 Å². The number of piperazine rings is 1. The summed E-state index contributed by atoms with van der Waals surface area (Å²) in [5.41, 5.74) is 3.73. The van der Waals surface area contributed by atoms with Gasteiger partial charge in [0.25, 0.3) is 0 Å². The SMILES string of the molecule is CCN1CCN(Cc2ccc(CNC(=NC)NCCc3ccccn3)cc2)CC1. The zero-order valence-electron chi connectivity index (χ0n) is 17.8. The Morgan fingerprint density at radius 3 is 2.34 bits per heavy atom. The maximum absolute atomic E-state index is 4.35. The van der Waals surface area contributed by atoms with Crippen LogP contribution in [0.1, 0.15) is 23.7 Å². The summed E-state index contributed by atoms with van der Waals surface area (Å²) < 4.78 is 0. The van der Waals surface area contributed by atoms with E-state index in [1.54, 1.807) is 7.05 Å².